The maximum absolute atomic E-state index is 8.54. The second-order valence-electron chi connectivity index (χ2n) is 2.76. The van der Waals surface area contributed by atoms with Crippen molar-refractivity contribution in [3.63, 3.8) is 0 Å². The summed E-state index contributed by atoms with van der Waals surface area (Å²) < 4.78 is 0.941. The average molecular weight is 252 g/mol. The maximum atomic E-state index is 8.54. The number of amidine groups is 1. The van der Waals surface area contributed by atoms with Gasteiger partial charge in [0.05, 0.1) is 0 Å². The van der Waals surface area contributed by atoms with E-state index in [-0.39, 0.29) is 5.84 Å². The first-order valence-corrected chi connectivity index (χ1v) is 6.00. The minimum Gasteiger partial charge on any atom is -0.409 e. The van der Waals surface area contributed by atoms with E-state index in [1.54, 1.807) is 29.8 Å². The highest BCUT2D eigenvalue weighted by atomic mass is 32.2. The molecule has 0 aliphatic heterocycles. The van der Waals surface area contributed by atoms with Gasteiger partial charge >= 0.3 is 0 Å². The third-order valence-electron chi connectivity index (χ3n) is 1.72. The summed E-state index contributed by atoms with van der Waals surface area (Å²) in [6.45, 7) is 0. The zero-order valence-electron chi connectivity index (χ0n) is 8.07. The molecule has 3 N–H and O–H groups in total. The molecule has 0 spiro atoms. The van der Waals surface area contributed by atoms with Gasteiger partial charge in [-0.05, 0) is 12.1 Å². The normalized spacial score (nSPS) is 11.6. The Balaban J connectivity index is 2.23. The Morgan fingerprint density at radius 1 is 1.44 bits per heavy atom. The zero-order chi connectivity index (χ0) is 11.4. The van der Waals surface area contributed by atoms with Gasteiger partial charge in [-0.1, -0.05) is 16.9 Å². The van der Waals surface area contributed by atoms with E-state index in [0.717, 1.165) is 9.24 Å². The maximum Gasteiger partial charge on any atom is 0.188 e. The quantitative estimate of drug-likeness (QED) is 0.376. The molecule has 0 aliphatic carbocycles. The molecule has 0 aromatic carbocycles. The van der Waals surface area contributed by atoms with Crippen LogP contribution in [0.1, 0.15) is 5.69 Å². The van der Waals surface area contributed by atoms with E-state index >= 15 is 0 Å². The zero-order valence-corrected chi connectivity index (χ0v) is 9.70. The number of hydrogen-bond acceptors (Lipinski definition) is 6. The molecule has 82 valence electrons. The third kappa shape index (κ3) is 2.50. The topological polar surface area (TPSA) is 84.4 Å². The van der Waals surface area contributed by atoms with Crippen LogP contribution in [0.4, 0.5) is 0 Å². The summed E-state index contributed by atoms with van der Waals surface area (Å²) in [7, 11) is 0. The van der Waals surface area contributed by atoms with E-state index < -0.39 is 0 Å². The fraction of sp³-hybridized carbons (Fsp3) is 0. The van der Waals surface area contributed by atoms with Crippen molar-refractivity contribution in [1.82, 2.24) is 9.97 Å². The predicted molar refractivity (Wildman–Crippen MR) is 63.0 cm³/mol. The first kappa shape index (κ1) is 10.9. The van der Waals surface area contributed by atoms with E-state index in [0.29, 0.717) is 5.69 Å². The number of oxime groups is 1. The van der Waals surface area contributed by atoms with Gasteiger partial charge in [0.1, 0.15) is 5.69 Å². The summed E-state index contributed by atoms with van der Waals surface area (Å²) in [5.74, 6) is 0.00147. The first-order valence-electron chi connectivity index (χ1n) is 4.31. The van der Waals surface area contributed by atoms with E-state index in [1.807, 2.05) is 11.4 Å². The van der Waals surface area contributed by atoms with Crippen molar-refractivity contribution < 1.29 is 5.21 Å². The van der Waals surface area contributed by atoms with Crippen molar-refractivity contribution in [2.24, 2.45) is 10.9 Å². The van der Waals surface area contributed by atoms with E-state index in [1.165, 1.54) is 11.8 Å². The summed E-state index contributed by atoms with van der Waals surface area (Å²) in [6, 6.07) is 3.60. The van der Waals surface area contributed by atoms with Gasteiger partial charge in [-0.3, -0.25) is 4.98 Å². The predicted octanol–water partition coefficient (Wildman–Crippen LogP) is 1.78. The van der Waals surface area contributed by atoms with Gasteiger partial charge in [0, 0.05) is 22.7 Å². The van der Waals surface area contributed by atoms with Crippen LogP contribution in [0.15, 0.2) is 44.3 Å². The van der Waals surface area contributed by atoms with Crippen molar-refractivity contribution in [3.05, 3.63) is 35.6 Å². The van der Waals surface area contributed by atoms with Crippen molar-refractivity contribution in [2.75, 3.05) is 0 Å². The standard InChI is InChI=1S/C9H8N4OS2/c10-8(13-14)7-5-6(1-2-11-7)16-9-12-3-4-15-9/h1-5,14H,(H2,10,13). The van der Waals surface area contributed by atoms with Gasteiger partial charge in [-0.25, -0.2) is 4.98 Å². The van der Waals surface area contributed by atoms with Crippen molar-refractivity contribution >= 4 is 28.9 Å². The Bertz CT molecular complexity index is 498. The molecule has 0 unspecified atom stereocenters. The van der Waals surface area contributed by atoms with Crippen LogP contribution in [0.3, 0.4) is 0 Å². The van der Waals surface area contributed by atoms with Crippen LogP contribution in [-0.2, 0) is 0 Å². The highest BCUT2D eigenvalue weighted by Gasteiger charge is 2.04. The molecular weight excluding hydrogens is 244 g/mol. The third-order valence-corrected chi connectivity index (χ3v) is 3.59. The van der Waals surface area contributed by atoms with Crippen LogP contribution < -0.4 is 5.73 Å². The van der Waals surface area contributed by atoms with Crippen LogP contribution in [0.25, 0.3) is 0 Å². The Morgan fingerprint density at radius 2 is 2.31 bits per heavy atom. The van der Waals surface area contributed by atoms with Crippen LogP contribution in [0, 0.1) is 0 Å². The van der Waals surface area contributed by atoms with Crippen LogP contribution >= 0.6 is 23.1 Å². The van der Waals surface area contributed by atoms with Crippen LogP contribution in [-0.4, -0.2) is 21.0 Å². The van der Waals surface area contributed by atoms with Crippen molar-refractivity contribution in [3.8, 4) is 0 Å². The van der Waals surface area contributed by atoms with Crippen LogP contribution in [0.2, 0.25) is 0 Å². The minimum absolute atomic E-state index is 0.00147. The van der Waals surface area contributed by atoms with E-state index in [4.69, 9.17) is 10.9 Å². The molecule has 0 aliphatic rings. The molecule has 0 saturated heterocycles. The molecule has 0 atom stereocenters. The number of aromatic nitrogens is 2. The van der Waals surface area contributed by atoms with Gasteiger partial charge in [0.2, 0.25) is 0 Å². The molecule has 2 aromatic heterocycles. The Labute approximate surface area is 100 Å². The molecule has 5 nitrogen and oxygen atoms in total. The average Bonchev–Trinajstić information content (AvgIpc) is 2.81. The molecule has 7 heteroatoms. The molecule has 16 heavy (non-hydrogen) atoms. The van der Waals surface area contributed by atoms with Crippen molar-refractivity contribution in [1.29, 1.82) is 0 Å². The summed E-state index contributed by atoms with van der Waals surface area (Å²) in [6.07, 6.45) is 3.36. The molecule has 0 fully saturated rings. The molecule has 0 bridgehead atoms. The van der Waals surface area contributed by atoms with Gasteiger partial charge in [-0.2, -0.15) is 0 Å². The summed E-state index contributed by atoms with van der Waals surface area (Å²) in [5, 5.41) is 13.4. The fourth-order valence-electron chi connectivity index (χ4n) is 1.03. The first-order chi connectivity index (χ1) is 7.79. The monoisotopic (exact) mass is 252 g/mol. The Kier molecular flexibility index (Phi) is 3.37. The lowest BCUT2D eigenvalue weighted by Crippen LogP contribution is -2.14. The number of hydrogen-bond donors (Lipinski definition) is 2. The highest BCUT2D eigenvalue weighted by Crippen LogP contribution is 2.28. The van der Waals surface area contributed by atoms with Crippen LogP contribution in [0.5, 0.6) is 0 Å². The number of thiazole rings is 1. The molecule has 0 radical (unpaired) electrons. The lowest BCUT2D eigenvalue weighted by molar-refractivity contribution is 0.318. The Morgan fingerprint density at radius 3 is 3.00 bits per heavy atom. The summed E-state index contributed by atoms with van der Waals surface area (Å²) in [4.78, 5) is 9.10. The number of nitrogens with two attached hydrogens (primary N) is 1. The largest absolute Gasteiger partial charge is 0.409 e. The summed E-state index contributed by atoms with van der Waals surface area (Å²) >= 11 is 3.07. The minimum atomic E-state index is 0.00147. The molecular formula is C9H8N4OS2. The molecule has 2 heterocycles. The summed E-state index contributed by atoms with van der Waals surface area (Å²) in [5.41, 5.74) is 5.90. The van der Waals surface area contributed by atoms with Gasteiger partial charge < -0.3 is 10.9 Å². The number of rotatable bonds is 3. The fourth-order valence-corrected chi connectivity index (χ4v) is 2.65. The van der Waals surface area contributed by atoms with Gasteiger partial charge in [0.25, 0.3) is 0 Å². The highest BCUT2D eigenvalue weighted by molar-refractivity contribution is 8.01. The van der Waals surface area contributed by atoms with E-state index in [2.05, 4.69) is 15.1 Å². The van der Waals surface area contributed by atoms with E-state index in [9.17, 15) is 0 Å². The lowest BCUT2D eigenvalue weighted by atomic mass is 10.3. The van der Waals surface area contributed by atoms with Crippen molar-refractivity contribution in [2.45, 2.75) is 9.24 Å². The number of nitrogens with zero attached hydrogens (tertiary/aromatic N) is 3. The molecule has 0 amide bonds. The lowest BCUT2D eigenvalue weighted by Gasteiger charge is -2.00. The second-order valence-corrected chi connectivity index (χ2v) is 4.98. The molecule has 2 aromatic rings. The molecule has 0 saturated carbocycles. The van der Waals surface area contributed by atoms with Gasteiger partial charge in [0.15, 0.2) is 10.2 Å². The smallest absolute Gasteiger partial charge is 0.188 e. The van der Waals surface area contributed by atoms with Gasteiger partial charge in [-0.15, -0.1) is 11.3 Å². The molecule has 2 rings (SSSR count). The second kappa shape index (κ2) is 4.95. The SMILES string of the molecule is NC(=NO)c1cc(Sc2nccs2)ccn1. The Hall–Kier alpha value is -1.60. The number of pyridine rings is 1.